The minimum Gasteiger partial charge on any atom is -0.303 e. The predicted molar refractivity (Wildman–Crippen MR) is 51.8 cm³/mol. The molecule has 0 amide bonds. The standard InChI is InChI=1S/C10H21N/c1-5-7-8-9-10(6-2)11(3)4/h6,10H,2,5,7-9H2,1,3-4H3. The molecule has 0 saturated heterocycles. The number of rotatable bonds is 6. The van der Waals surface area contributed by atoms with Crippen LogP contribution in [0.5, 0.6) is 0 Å². The first kappa shape index (κ1) is 10.7. The van der Waals surface area contributed by atoms with E-state index in [1.807, 2.05) is 6.08 Å². The quantitative estimate of drug-likeness (QED) is 0.421. The van der Waals surface area contributed by atoms with Crippen LogP contribution in [0.15, 0.2) is 12.7 Å². The summed E-state index contributed by atoms with van der Waals surface area (Å²) < 4.78 is 0. The average Bonchev–Trinajstić information content (AvgIpc) is 1.97. The van der Waals surface area contributed by atoms with Gasteiger partial charge in [-0.05, 0) is 20.5 Å². The van der Waals surface area contributed by atoms with Crippen LogP contribution >= 0.6 is 0 Å². The molecule has 0 spiro atoms. The molecule has 1 unspecified atom stereocenters. The second-order valence-electron chi connectivity index (χ2n) is 3.26. The van der Waals surface area contributed by atoms with Crippen molar-refractivity contribution in [3.05, 3.63) is 12.7 Å². The summed E-state index contributed by atoms with van der Waals surface area (Å²) in [6, 6.07) is 0.571. The Balaban J connectivity index is 3.44. The van der Waals surface area contributed by atoms with E-state index < -0.39 is 0 Å². The molecular weight excluding hydrogens is 134 g/mol. The summed E-state index contributed by atoms with van der Waals surface area (Å²) >= 11 is 0. The predicted octanol–water partition coefficient (Wildman–Crippen LogP) is 2.68. The molecule has 0 aromatic rings. The van der Waals surface area contributed by atoms with Crippen LogP contribution in [0, 0.1) is 0 Å². The fourth-order valence-electron chi connectivity index (χ4n) is 1.19. The van der Waals surface area contributed by atoms with Crippen molar-refractivity contribution < 1.29 is 0 Å². The van der Waals surface area contributed by atoms with E-state index in [0.717, 1.165) is 0 Å². The molecule has 0 rings (SSSR count). The fourth-order valence-corrected chi connectivity index (χ4v) is 1.19. The Kier molecular flexibility index (Phi) is 6.24. The maximum atomic E-state index is 3.82. The SMILES string of the molecule is C=CC(CCCCC)N(C)C. The third kappa shape index (κ3) is 5.02. The van der Waals surface area contributed by atoms with Gasteiger partial charge in [-0.25, -0.2) is 0 Å². The summed E-state index contributed by atoms with van der Waals surface area (Å²) in [5, 5.41) is 0. The monoisotopic (exact) mass is 155 g/mol. The van der Waals surface area contributed by atoms with E-state index >= 15 is 0 Å². The number of unbranched alkanes of at least 4 members (excludes halogenated alkanes) is 2. The Morgan fingerprint density at radius 3 is 2.36 bits per heavy atom. The maximum Gasteiger partial charge on any atom is 0.0269 e. The lowest BCUT2D eigenvalue weighted by molar-refractivity contribution is 0.321. The smallest absolute Gasteiger partial charge is 0.0269 e. The molecule has 66 valence electrons. The van der Waals surface area contributed by atoms with Crippen molar-refractivity contribution in [3.63, 3.8) is 0 Å². The largest absolute Gasteiger partial charge is 0.303 e. The Hall–Kier alpha value is -0.300. The normalized spacial score (nSPS) is 13.5. The minimum absolute atomic E-state index is 0.571. The van der Waals surface area contributed by atoms with Gasteiger partial charge in [0, 0.05) is 6.04 Å². The number of nitrogens with zero attached hydrogens (tertiary/aromatic N) is 1. The van der Waals surface area contributed by atoms with Gasteiger partial charge in [0.2, 0.25) is 0 Å². The second kappa shape index (κ2) is 6.41. The maximum absolute atomic E-state index is 3.82. The van der Waals surface area contributed by atoms with E-state index in [4.69, 9.17) is 0 Å². The molecule has 0 heterocycles. The van der Waals surface area contributed by atoms with Crippen molar-refractivity contribution in [2.45, 2.75) is 38.6 Å². The number of likely N-dealkylation sites (N-methyl/N-ethyl adjacent to an activating group) is 1. The van der Waals surface area contributed by atoms with Gasteiger partial charge in [0.05, 0.1) is 0 Å². The van der Waals surface area contributed by atoms with Crippen LogP contribution in [0.25, 0.3) is 0 Å². The van der Waals surface area contributed by atoms with Crippen molar-refractivity contribution in [1.29, 1.82) is 0 Å². The Bertz CT molecular complexity index is 97.0. The molecule has 0 aromatic heterocycles. The summed E-state index contributed by atoms with van der Waals surface area (Å²) in [4.78, 5) is 2.22. The molecule has 0 aromatic carbocycles. The molecular formula is C10H21N. The molecule has 0 aliphatic carbocycles. The Morgan fingerprint density at radius 1 is 1.36 bits per heavy atom. The van der Waals surface area contributed by atoms with Crippen LogP contribution in [-0.4, -0.2) is 25.0 Å². The van der Waals surface area contributed by atoms with Gasteiger partial charge in [-0.3, -0.25) is 0 Å². The van der Waals surface area contributed by atoms with Gasteiger partial charge in [-0.1, -0.05) is 32.3 Å². The van der Waals surface area contributed by atoms with Crippen LogP contribution in [0.1, 0.15) is 32.6 Å². The van der Waals surface area contributed by atoms with E-state index in [-0.39, 0.29) is 0 Å². The molecule has 11 heavy (non-hydrogen) atoms. The van der Waals surface area contributed by atoms with Gasteiger partial charge in [0.15, 0.2) is 0 Å². The van der Waals surface area contributed by atoms with Crippen molar-refractivity contribution in [2.75, 3.05) is 14.1 Å². The van der Waals surface area contributed by atoms with E-state index in [9.17, 15) is 0 Å². The molecule has 0 radical (unpaired) electrons. The average molecular weight is 155 g/mol. The molecule has 0 fully saturated rings. The molecule has 0 saturated carbocycles. The summed E-state index contributed by atoms with van der Waals surface area (Å²) in [5.41, 5.74) is 0. The third-order valence-electron chi connectivity index (χ3n) is 2.04. The van der Waals surface area contributed by atoms with Crippen molar-refractivity contribution >= 4 is 0 Å². The van der Waals surface area contributed by atoms with Gasteiger partial charge >= 0.3 is 0 Å². The fraction of sp³-hybridized carbons (Fsp3) is 0.800. The number of hydrogen-bond donors (Lipinski definition) is 0. The van der Waals surface area contributed by atoms with Crippen LogP contribution < -0.4 is 0 Å². The van der Waals surface area contributed by atoms with Crippen LogP contribution in [0.3, 0.4) is 0 Å². The molecule has 1 atom stereocenters. The highest BCUT2D eigenvalue weighted by Gasteiger charge is 2.04. The molecule has 0 bridgehead atoms. The summed E-state index contributed by atoms with van der Waals surface area (Å²) in [7, 11) is 4.22. The molecule has 1 nitrogen and oxygen atoms in total. The Morgan fingerprint density at radius 2 is 2.00 bits per heavy atom. The summed E-state index contributed by atoms with van der Waals surface area (Å²) in [6.07, 6.45) is 7.26. The first-order valence-electron chi connectivity index (χ1n) is 4.51. The van der Waals surface area contributed by atoms with Crippen molar-refractivity contribution in [3.8, 4) is 0 Å². The van der Waals surface area contributed by atoms with E-state index in [1.54, 1.807) is 0 Å². The lowest BCUT2D eigenvalue weighted by Gasteiger charge is -2.20. The third-order valence-corrected chi connectivity index (χ3v) is 2.04. The number of hydrogen-bond acceptors (Lipinski definition) is 1. The van der Waals surface area contributed by atoms with Crippen LogP contribution in [0.4, 0.5) is 0 Å². The minimum atomic E-state index is 0.571. The summed E-state index contributed by atoms with van der Waals surface area (Å²) in [6.45, 7) is 6.05. The lowest BCUT2D eigenvalue weighted by atomic mass is 10.1. The van der Waals surface area contributed by atoms with Crippen molar-refractivity contribution in [1.82, 2.24) is 4.90 Å². The van der Waals surface area contributed by atoms with Crippen LogP contribution in [0.2, 0.25) is 0 Å². The van der Waals surface area contributed by atoms with Gasteiger partial charge in [0.1, 0.15) is 0 Å². The van der Waals surface area contributed by atoms with Gasteiger partial charge in [0.25, 0.3) is 0 Å². The molecule has 1 heteroatoms. The van der Waals surface area contributed by atoms with E-state index in [1.165, 1.54) is 25.7 Å². The highest BCUT2D eigenvalue weighted by Crippen LogP contribution is 2.07. The molecule has 0 N–H and O–H groups in total. The zero-order valence-electron chi connectivity index (χ0n) is 8.14. The van der Waals surface area contributed by atoms with Crippen molar-refractivity contribution in [2.24, 2.45) is 0 Å². The van der Waals surface area contributed by atoms with Gasteiger partial charge in [-0.2, -0.15) is 0 Å². The van der Waals surface area contributed by atoms with Gasteiger partial charge < -0.3 is 4.90 Å². The molecule has 0 aliphatic heterocycles. The lowest BCUT2D eigenvalue weighted by Crippen LogP contribution is -2.25. The van der Waals surface area contributed by atoms with E-state index in [2.05, 4.69) is 32.5 Å². The highest BCUT2D eigenvalue weighted by molar-refractivity contribution is 4.84. The first-order valence-corrected chi connectivity index (χ1v) is 4.51. The molecule has 0 aliphatic rings. The summed E-state index contributed by atoms with van der Waals surface area (Å²) in [5.74, 6) is 0. The van der Waals surface area contributed by atoms with Gasteiger partial charge in [-0.15, -0.1) is 6.58 Å². The first-order chi connectivity index (χ1) is 5.22. The van der Waals surface area contributed by atoms with E-state index in [0.29, 0.717) is 6.04 Å². The topological polar surface area (TPSA) is 3.24 Å². The Labute approximate surface area is 71.1 Å². The second-order valence-corrected chi connectivity index (χ2v) is 3.26. The zero-order chi connectivity index (χ0) is 8.69. The zero-order valence-corrected chi connectivity index (χ0v) is 8.14. The van der Waals surface area contributed by atoms with Crippen LogP contribution in [-0.2, 0) is 0 Å². The highest BCUT2D eigenvalue weighted by atomic mass is 15.1.